The highest BCUT2D eigenvalue weighted by molar-refractivity contribution is 5.92. The molecule has 3 rings (SSSR count). The second-order valence-electron chi connectivity index (χ2n) is 6.80. The Morgan fingerprint density at radius 3 is 2.48 bits per heavy atom. The molecule has 1 aliphatic heterocycles. The molecule has 0 spiro atoms. The summed E-state index contributed by atoms with van der Waals surface area (Å²) in [6, 6.07) is 10.6. The number of hydrogen-bond donors (Lipinski definition) is 3. The first-order chi connectivity index (χ1) is 14.0. The summed E-state index contributed by atoms with van der Waals surface area (Å²) < 4.78 is 5.72. The summed E-state index contributed by atoms with van der Waals surface area (Å²) in [4.78, 5) is 36.0. The van der Waals surface area contributed by atoms with Crippen LogP contribution in [0.3, 0.4) is 0 Å². The minimum atomic E-state index is -0.430. The molecule has 2 heterocycles. The minimum absolute atomic E-state index is 0.0223. The fourth-order valence-electron chi connectivity index (χ4n) is 3.40. The fourth-order valence-corrected chi connectivity index (χ4v) is 3.40. The Morgan fingerprint density at radius 2 is 1.90 bits per heavy atom. The van der Waals surface area contributed by atoms with Crippen LogP contribution in [0.25, 0.3) is 0 Å². The molecule has 1 aliphatic rings. The van der Waals surface area contributed by atoms with Gasteiger partial charge in [-0.1, -0.05) is 0 Å². The molecule has 1 aromatic heterocycles. The number of carboxylic acid groups (broad SMARTS) is 1. The van der Waals surface area contributed by atoms with Crippen molar-refractivity contribution in [2.45, 2.75) is 25.2 Å². The van der Waals surface area contributed by atoms with Gasteiger partial charge < -0.3 is 25.5 Å². The van der Waals surface area contributed by atoms with Crippen molar-refractivity contribution in [3.8, 4) is 5.75 Å². The zero-order chi connectivity index (χ0) is 21.1. The van der Waals surface area contributed by atoms with E-state index in [1.54, 1.807) is 36.5 Å². The predicted molar refractivity (Wildman–Crippen MR) is 109 cm³/mol. The molecule has 0 unspecified atom stereocenters. The van der Waals surface area contributed by atoms with Crippen LogP contribution in [0, 0.1) is 0 Å². The number of amides is 1. The molecule has 0 atom stereocenters. The standard InChI is InChI=1S/C20H25N3O3.CH2O2/c21-20(25)16-2-4-18(5-3-16)26-13-1-10-23-11-7-15(8-12-23)17-6-9-22-19(24)14-17;2-1-3/h2-6,9,14-15H,1,7-8,10-13H2,(H2,21,25)(H,22,24);1H,(H,2,3). The average Bonchev–Trinajstić information content (AvgIpc) is 2.72. The molecule has 0 saturated carbocycles. The first-order valence-electron chi connectivity index (χ1n) is 9.55. The van der Waals surface area contributed by atoms with E-state index >= 15 is 0 Å². The number of aromatic nitrogens is 1. The van der Waals surface area contributed by atoms with E-state index in [4.69, 9.17) is 20.4 Å². The van der Waals surface area contributed by atoms with Crippen LogP contribution < -0.4 is 16.0 Å². The quantitative estimate of drug-likeness (QED) is 0.480. The van der Waals surface area contributed by atoms with Gasteiger partial charge >= 0.3 is 0 Å². The Balaban J connectivity index is 0.000000941. The van der Waals surface area contributed by atoms with Crippen LogP contribution >= 0.6 is 0 Å². The summed E-state index contributed by atoms with van der Waals surface area (Å²) in [6.07, 6.45) is 4.85. The van der Waals surface area contributed by atoms with E-state index in [1.807, 2.05) is 6.07 Å². The highest BCUT2D eigenvalue weighted by Gasteiger charge is 2.20. The molecule has 156 valence electrons. The summed E-state index contributed by atoms with van der Waals surface area (Å²) >= 11 is 0. The molecule has 0 radical (unpaired) electrons. The normalized spacial score (nSPS) is 14.5. The van der Waals surface area contributed by atoms with Crippen molar-refractivity contribution in [1.29, 1.82) is 0 Å². The van der Waals surface area contributed by atoms with Crippen molar-refractivity contribution in [3.05, 3.63) is 64.1 Å². The number of benzene rings is 1. The summed E-state index contributed by atoms with van der Waals surface area (Å²) in [5.74, 6) is 0.802. The third-order valence-electron chi connectivity index (χ3n) is 4.88. The van der Waals surface area contributed by atoms with E-state index < -0.39 is 5.91 Å². The number of rotatable bonds is 7. The Hall–Kier alpha value is -3.13. The first kappa shape index (κ1) is 22.2. The molecule has 1 fully saturated rings. The molecular weight excluding hydrogens is 374 g/mol. The summed E-state index contributed by atoms with van der Waals surface area (Å²) in [6.45, 7) is 3.49. The van der Waals surface area contributed by atoms with Gasteiger partial charge in [-0.15, -0.1) is 0 Å². The Bertz CT molecular complexity index is 827. The van der Waals surface area contributed by atoms with E-state index in [1.165, 1.54) is 0 Å². The van der Waals surface area contributed by atoms with E-state index in [9.17, 15) is 9.59 Å². The summed E-state index contributed by atoms with van der Waals surface area (Å²) in [5.41, 5.74) is 6.83. The van der Waals surface area contributed by atoms with Crippen molar-refractivity contribution in [3.63, 3.8) is 0 Å². The zero-order valence-electron chi connectivity index (χ0n) is 16.3. The number of nitrogens with two attached hydrogens (primary N) is 1. The third kappa shape index (κ3) is 7.42. The largest absolute Gasteiger partial charge is 0.494 e. The topological polar surface area (TPSA) is 126 Å². The van der Waals surface area contributed by atoms with Gasteiger partial charge in [-0.25, -0.2) is 0 Å². The lowest BCUT2D eigenvalue weighted by molar-refractivity contribution is -0.122. The number of piperidine rings is 1. The van der Waals surface area contributed by atoms with E-state index in [-0.39, 0.29) is 12.0 Å². The third-order valence-corrected chi connectivity index (χ3v) is 4.88. The van der Waals surface area contributed by atoms with Crippen LogP contribution in [0.4, 0.5) is 0 Å². The number of carbonyl (C=O) groups is 2. The second-order valence-corrected chi connectivity index (χ2v) is 6.80. The number of carbonyl (C=O) groups excluding carboxylic acids is 1. The average molecular weight is 401 g/mol. The lowest BCUT2D eigenvalue weighted by atomic mass is 9.90. The second kappa shape index (κ2) is 11.7. The van der Waals surface area contributed by atoms with Gasteiger partial charge in [0, 0.05) is 24.4 Å². The van der Waals surface area contributed by atoms with Gasteiger partial charge in [-0.3, -0.25) is 14.4 Å². The molecular formula is C21H27N3O5. The molecule has 8 nitrogen and oxygen atoms in total. The maximum atomic E-state index is 11.4. The van der Waals surface area contributed by atoms with Gasteiger partial charge in [0.05, 0.1) is 6.61 Å². The summed E-state index contributed by atoms with van der Waals surface area (Å²) in [5, 5.41) is 6.89. The number of likely N-dealkylation sites (tertiary alicyclic amines) is 1. The molecule has 0 aliphatic carbocycles. The van der Waals surface area contributed by atoms with Gasteiger partial charge in [0.25, 0.3) is 6.47 Å². The molecule has 8 heteroatoms. The van der Waals surface area contributed by atoms with Crippen LogP contribution in [-0.4, -0.2) is 53.6 Å². The first-order valence-corrected chi connectivity index (χ1v) is 9.55. The van der Waals surface area contributed by atoms with Crippen LogP contribution in [-0.2, 0) is 4.79 Å². The van der Waals surface area contributed by atoms with E-state index in [2.05, 4.69) is 9.88 Å². The van der Waals surface area contributed by atoms with Crippen LogP contribution in [0.2, 0.25) is 0 Å². The lowest BCUT2D eigenvalue weighted by Crippen LogP contribution is -2.34. The Kier molecular flexibility index (Phi) is 8.91. The molecule has 1 amide bonds. The predicted octanol–water partition coefficient (Wildman–Crippen LogP) is 1.82. The van der Waals surface area contributed by atoms with Gasteiger partial charge in [0.2, 0.25) is 11.5 Å². The number of nitrogens with zero attached hydrogens (tertiary/aromatic N) is 1. The SMILES string of the molecule is NC(=O)c1ccc(OCCCN2CCC(c3cc[nH]c(=O)c3)CC2)cc1.O=CO. The minimum Gasteiger partial charge on any atom is -0.494 e. The number of hydrogen-bond acceptors (Lipinski definition) is 5. The zero-order valence-corrected chi connectivity index (χ0v) is 16.3. The number of primary amides is 1. The summed E-state index contributed by atoms with van der Waals surface area (Å²) in [7, 11) is 0. The van der Waals surface area contributed by atoms with E-state index in [0.717, 1.165) is 50.2 Å². The van der Waals surface area contributed by atoms with Gasteiger partial charge in [-0.05, 0) is 74.2 Å². The highest BCUT2D eigenvalue weighted by atomic mass is 16.5. The molecule has 1 aromatic carbocycles. The fraction of sp³-hybridized carbons (Fsp3) is 0.381. The monoisotopic (exact) mass is 401 g/mol. The lowest BCUT2D eigenvalue weighted by Gasteiger charge is -2.32. The molecule has 4 N–H and O–H groups in total. The van der Waals surface area contributed by atoms with Gasteiger partial charge in [0.15, 0.2) is 0 Å². The number of aromatic amines is 1. The van der Waals surface area contributed by atoms with Crippen molar-refractivity contribution < 1.29 is 19.4 Å². The number of H-pyrrole nitrogens is 1. The van der Waals surface area contributed by atoms with Crippen molar-refractivity contribution >= 4 is 12.4 Å². The number of nitrogens with one attached hydrogen (secondary N) is 1. The number of ether oxygens (including phenoxy) is 1. The van der Waals surface area contributed by atoms with Crippen molar-refractivity contribution in [2.75, 3.05) is 26.2 Å². The van der Waals surface area contributed by atoms with Crippen LogP contribution in [0.1, 0.15) is 41.1 Å². The van der Waals surface area contributed by atoms with Gasteiger partial charge in [0.1, 0.15) is 5.75 Å². The van der Waals surface area contributed by atoms with Crippen molar-refractivity contribution in [2.24, 2.45) is 5.73 Å². The Morgan fingerprint density at radius 1 is 1.24 bits per heavy atom. The molecule has 2 aromatic rings. The van der Waals surface area contributed by atoms with Crippen molar-refractivity contribution in [1.82, 2.24) is 9.88 Å². The molecule has 0 bridgehead atoms. The smallest absolute Gasteiger partial charge is 0.290 e. The number of pyridine rings is 1. The van der Waals surface area contributed by atoms with E-state index in [0.29, 0.717) is 18.1 Å². The van der Waals surface area contributed by atoms with Crippen LogP contribution in [0.5, 0.6) is 5.75 Å². The molecule has 1 saturated heterocycles. The maximum Gasteiger partial charge on any atom is 0.290 e. The van der Waals surface area contributed by atoms with Gasteiger partial charge in [-0.2, -0.15) is 0 Å². The maximum absolute atomic E-state index is 11.4. The molecule has 29 heavy (non-hydrogen) atoms. The highest BCUT2D eigenvalue weighted by Crippen LogP contribution is 2.26. The Labute approximate surface area is 169 Å². The van der Waals surface area contributed by atoms with Crippen LogP contribution in [0.15, 0.2) is 47.4 Å².